The largest absolute Gasteiger partial charge is 0.318 e. The van der Waals surface area contributed by atoms with Crippen LogP contribution in [0.15, 0.2) is 48.0 Å². The molecule has 1 aromatic heterocycles. The lowest BCUT2D eigenvalue weighted by Crippen LogP contribution is -2.54. The standard InChI is InChI=1S/C24H18Cl3N3O2S/c1-12-10-15(14(3)29(12)19-8-4-6-17(25)13(19)2)11-16-22(31)28-24(33)30(23(16)32)20-9-5-7-18(26)21(20)27/h4-11H,1-3H3,(H,28,31,33)/b16-11+. The molecule has 0 bridgehead atoms. The topological polar surface area (TPSA) is 54.3 Å². The van der Waals surface area contributed by atoms with Gasteiger partial charge in [-0.2, -0.15) is 0 Å². The Balaban J connectivity index is 1.81. The van der Waals surface area contributed by atoms with Crippen LogP contribution in [-0.2, 0) is 9.59 Å². The molecule has 2 amide bonds. The van der Waals surface area contributed by atoms with E-state index in [1.807, 2.05) is 49.6 Å². The fourth-order valence-corrected chi connectivity index (χ4v) is 4.66. The van der Waals surface area contributed by atoms with Crippen molar-refractivity contribution in [2.75, 3.05) is 4.90 Å². The summed E-state index contributed by atoms with van der Waals surface area (Å²) in [5.41, 5.74) is 4.59. The minimum Gasteiger partial charge on any atom is -0.318 e. The number of rotatable bonds is 3. The maximum Gasteiger partial charge on any atom is 0.270 e. The molecule has 1 fully saturated rings. The van der Waals surface area contributed by atoms with E-state index in [-0.39, 0.29) is 20.7 Å². The molecule has 3 aromatic rings. The molecule has 33 heavy (non-hydrogen) atoms. The fourth-order valence-electron chi connectivity index (χ4n) is 3.84. The fraction of sp³-hybridized carbons (Fsp3) is 0.125. The molecule has 0 radical (unpaired) electrons. The maximum atomic E-state index is 13.4. The highest BCUT2D eigenvalue weighted by Crippen LogP contribution is 2.35. The van der Waals surface area contributed by atoms with E-state index in [1.54, 1.807) is 24.3 Å². The van der Waals surface area contributed by atoms with E-state index >= 15 is 0 Å². The van der Waals surface area contributed by atoms with Crippen LogP contribution in [0.4, 0.5) is 5.69 Å². The number of hydrogen-bond acceptors (Lipinski definition) is 3. The Hall–Kier alpha value is -2.64. The monoisotopic (exact) mass is 517 g/mol. The van der Waals surface area contributed by atoms with Crippen LogP contribution in [0.2, 0.25) is 15.1 Å². The van der Waals surface area contributed by atoms with Crippen LogP contribution in [-0.4, -0.2) is 21.5 Å². The van der Waals surface area contributed by atoms with Crippen molar-refractivity contribution < 1.29 is 9.59 Å². The first-order chi connectivity index (χ1) is 15.6. The SMILES string of the molecule is Cc1c(Cl)cccc1-n1c(C)cc(/C=C2\C(=O)NC(=S)N(c3cccc(Cl)c3Cl)C2=O)c1C. The second-order valence-corrected chi connectivity index (χ2v) is 9.16. The number of carbonyl (C=O) groups is 2. The van der Waals surface area contributed by atoms with Gasteiger partial charge in [-0.1, -0.05) is 46.9 Å². The normalized spacial score (nSPS) is 15.4. The molecule has 0 unspecified atom stereocenters. The Bertz CT molecular complexity index is 1380. The van der Waals surface area contributed by atoms with Gasteiger partial charge < -0.3 is 4.57 Å². The number of nitrogens with one attached hydrogen (secondary N) is 1. The summed E-state index contributed by atoms with van der Waals surface area (Å²) in [6, 6.07) is 12.5. The van der Waals surface area contributed by atoms with Crippen molar-refractivity contribution in [3.8, 4) is 5.69 Å². The van der Waals surface area contributed by atoms with Crippen LogP contribution < -0.4 is 10.2 Å². The second kappa shape index (κ2) is 8.95. The number of aryl methyl sites for hydroxylation is 1. The zero-order valence-corrected chi connectivity index (χ0v) is 21.0. The molecule has 2 aromatic carbocycles. The maximum absolute atomic E-state index is 13.4. The van der Waals surface area contributed by atoms with Gasteiger partial charge in [0, 0.05) is 22.1 Å². The van der Waals surface area contributed by atoms with E-state index in [9.17, 15) is 9.59 Å². The highest BCUT2D eigenvalue weighted by molar-refractivity contribution is 7.80. The number of benzene rings is 2. The average Bonchev–Trinajstić information content (AvgIpc) is 3.03. The van der Waals surface area contributed by atoms with Gasteiger partial charge in [-0.3, -0.25) is 19.8 Å². The number of nitrogens with zero attached hydrogens (tertiary/aromatic N) is 2. The Morgan fingerprint density at radius 3 is 2.27 bits per heavy atom. The van der Waals surface area contributed by atoms with Crippen molar-refractivity contribution in [1.29, 1.82) is 0 Å². The van der Waals surface area contributed by atoms with E-state index in [1.165, 1.54) is 4.90 Å². The molecule has 0 aliphatic carbocycles. The summed E-state index contributed by atoms with van der Waals surface area (Å²) in [6.07, 6.45) is 1.56. The quantitative estimate of drug-likeness (QED) is 0.255. The lowest BCUT2D eigenvalue weighted by Gasteiger charge is -2.29. The van der Waals surface area contributed by atoms with E-state index in [0.29, 0.717) is 10.7 Å². The number of aromatic nitrogens is 1. The molecule has 4 rings (SSSR count). The summed E-state index contributed by atoms with van der Waals surface area (Å²) in [6.45, 7) is 5.81. The Morgan fingerprint density at radius 2 is 1.58 bits per heavy atom. The van der Waals surface area contributed by atoms with Crippen LogP contribution in [0.25, 0.3) is 11.8 Å². The van der Waals surface area contributed by atoms with Crippen LogP contribution in [0, 0.1) is 20.8 Å². The van der Waals surface area contributed by atoms with E-state index < -0.39 is 11.8 Å². The molecule has 0 atom stereocenters. The molecule has 1 N–H and O–H groups in total. The molecule has 9 heteroatoms. The third-order valence-corrected chi connectivity index (χ3v) is 7.03. The van der Waals surface area contributed by atoms with Gasteiger partial charge in [0.15, 0.2) is 5.11 Å². The van der Waals surface area contributed by atoms with Crippen molar-refractivity contribution in [2.45, 2.75) is 20.8 Å². The summed E-state index contributed by atoms with van der Waals surface area (Å²) in [7, 11) is 0. The lowest BCUT2D eigenvalue weighted by molar-refractivity contribution is -0.122. The summed E-state index contributed by atoms with van der Waals surface area (Å²) in [4.78, 5) is 27.3. The van der Waals surface area contributed by atoms with Gasteiger partial charge in [-0.25, -0.2) is 0 Å². The first-order valence-corrected chi connectivity index (χ1v) is 11.5. The molecular weight excluding hydrogens is 501 g/mol. The van der Waals surface area contributed by atoms with Gasteiger partial charge in [0.2, 0.25) is 0 Å². The van der Waals surface area contributed by atoms with Gasteiger partial charge in [0.25, 0.3) is 11.8 Å². The van der Waals surface area contributed by atoms with E-state index in [2.05, 4.69) is 5.32 Å². The minimum atomic E-state index is -0.586. The number of halogens is 3. The Kier molecular flexibility index (Phi) is 6.38. The summed E-state index contributed by atoms with van der Waals surface area (Å²) in [5.74, 6) is -1.17. The first-order valence-electron chi connectivity index (χ1n) is 9.91. The highest BCUT2D eigenvalue weighted by atomic mass is 35.5. The first kappa shape index (κ1) is 23.5. The number of amides is 2. The predicted molar refractivity (Wildman–Crippen MR) is 138 cm³/mol. The summed E-state index contributed by atoms with van der Waals surface area (Å²) in [5, 5.41) is 3.60. The van der Waals surface area contributed by atoms with Crippen LogP contribution >= 0.6 is 47.0 Å². The minimum absolute atomic E-state index is 0.0636. The smallest absolute Gasteiger partial charge is 0.270 e. The molecule has 1 aliphatic heterocycles. The van der Waals surface area contributed by atoms with Crippen molar-refractivity contribution in [3.05, 3.63) is 85.6 Å². The Morgan fingerprint density at radius 1 is 0.939 bits per heavy atom. The van der Waals surface area contributed by atoms with Gasteiger partial charge in [0.05, 0.1) is 15.7 Å². The van der Waals surface area contributed by atoms with Crippen molar-refractivity contribution in [3.63, 3.8) is 0 Å². The zero-order chi connectivity index (χ0) is 24.0. The van der Waals surface area contributed by atoms with Crippen LogP contribution in [0.3, 0.4) is 0 Å². The van der Waals surface area contributed by atoms with Crippen LogP contribution in [0.1, 0.15) is 22.5 Å². The van der Waals surface area contributed by atoms with Gasteiger partial charge >= 0.3 is 0 Å². The molecule has 1 aliphatic rings. The second-order valence-electron chi connectivity index (χ2n) is 7.58. The lowest BCUT2D eigenvalue weighted by atomic mass is 10.1. The molecule has 2 heterocycles. The highest BCUT2D eigenvalue weighted by Gasteiger charge is 2.36. The molecule has 0 saturated carbocycles. The van der Waals surface area contributed by atoms with Gasteiger partial charge in [-0.05, 0) is 80.5 Å². The average molecular weight is 519 g/mol. The van der Waals surface area contributed by atoms with Crippen molar-refractivity contribution in [1.82, 2.24) is 9.88 Å². The third-order valence-electron chi connectivity index (χ3n) is 5.52. The molecule has 168 valence electrons. The number of anilines is 1. The Labute approximate surface area is 211 Å². The van der Waals surface area contributed by atoms with Crippen molar-refractivity contribution >= 4 is 75.7 Å². The van der Waals surface area contributed by atoms with Crippen LogP contribution in [0.5, 0.6) is 0 Å². The van der Waals surface area contributed by atoms with Crippen molar-refractivity contribution in [2.24, 2.45) is 0 Å². The summed E-state index contributed by atoms with van der Waals surface area (Å²) >= 11 is 24.0. The summed E-state index contributed by atoms with van der Waals surface area (Å²) < 4.78 is 2.04. The zero-order valence-electron chi connectivity index (χ0n) is 17.9. The molecule has 0 spiro atoms. The number of thiocarbonyl (C=S) groups is 1. The van der Waals surface area contributed by atoms with E-state index in [4.69, 9.17) is 47.0 Å². The number of carbonyl (C=O) groups excluding carboxylic acids is 2. The van der Waals surface area contributed by atoms with E-state index in [0.717, 1.165) is 28.2 Å². The number of hydrogen-bond donors (Lipinski definition) is 1. The van der Waals surface area contributed by atoms with Gasteiger partial charge in [0.1, 0.15) is 5.57 Å². The molecule has 1 saturated heterocycles. The molecular formula is C24H18Cl3N3O2S. The predicted octanol–water partition coefficient (Wildman–Crippen LogP) is 6.19. The third kappa shape index (κ3) is 4.08. The van der Waals surface area contributed by atoms with Gasteiger partial charge in [-0.15, -0.1) is 0 Å². The molecule has 5 nitrogen and oxygen atoms in total.